The van der Waals surface area contributed by atoms with Crippen molar-refractivity contribution in [3.05, 3.63) is 47.8 Å². The highest BCUT2D eigenvalue weighted by Crippen LogP contribution is 2.15. The highest BCUT2D eigenvalue weighted by Gasteiger charge is 2.24. The number of anilines is 2. The quantitative estimate of drug-likeness (QED) is 0.766. The maximum atomic E-state index is 12.7. The van der Waals surface area contributed by atoms with Crippen LogP contribution in [-0.2, 0) is 9.53 Å². The van der Waals surface area contributed by atoms with Crippen LogP contribution < -0.4 is 5.32 Å². The summed E-state index contributed by atoms with van der Waals surface area (Å²) in [5.41, 5.74) is 1.41. The second-order valence-electron chi connectivity index (χ2n) is 6.49. The first-order valence-corrected chi connectivity index (χ1v) is 9.40. The predicted octanol–water partition coefficient (Wildman–Crippen LogP) is 1.70. The summed E-state index contributed by atoms with van der Waals surface area (Å²) >= 11 is 0. The molecule has 0 saturated carbocycles. The molecule has 0 spiro atoms. The molecule has 3 rings (SSSR count). The number of carbonyl (C=O) groups excluding carboxylic acids is 3. The maximum absolute atomic E-state index is 12.7. The van der Waals surface area contributed by atoms with Crippen molar-refractivity contribution in [2.45, 2.75) is 13.8 Å². The van der Waals surface area contributed by atoms with Crippen molar-refractivity contribution in [2.24, 2.45) is 0 Å². The number of carbonyl (C=O) groups is 3. The van der Waals surface area contributed by atoms with Crippen LogP contribution in [0.15, 0.2) is 36.5 Å². The maximum Gasteiger partial charge on any atom is 0.338 e. The van der Waals surface area contributed by atoms with Gasteiger partial charge < -0.3 is 19.9 Å². The molecule has 2 aromatic rings. The normalized spacial score (nSPS) is 13.7. The number of ether oxygens (including phenoxy) is 1. The molecule has 2 heterocycles. The molecule has 152 valence electrons. The number of piperazine rings is 1. The van der Waals surface area contributed by atoms with Crippen LogP contribution in [0.25, 0.3) is 0 Å². The van der Waals surface area contributed by atoms with E-state index in [-0.39, 0.29) is 29.4 Å². The minimum absolute atomic E-state index is 0.0135. The predicted molar refractivity (Wildman–Crippen MR) is 106 cm³/mol. The van der Waals surface area contributed by atoms with Gasteiger partial charge in [0.2, 0.25) is 11.9 Å². The van der Waals surface area contributed by atoms with Gasteiger partial charge in [0.15, 0.2) is 0 Å². The number of benzene rings is 1. The lowest BCUT2D eigenvalue weighted by atomic mass is 10.2. The van der Waals surface area contributed by atoms with Crippen LogP contribution in [0.3, 0.4) is 0 Å². The smallest absolute Gasteiger partial charge is 0.338 e. The van der Waals surface area contributed by atoms with E-state index in [2.05, 4.69) is 15.3 Å². The van der Waals surface area contributed by atoms with Crippen molar-refractivity contribution >= 4 is 29.4 Å². The molecule has 1 N–H and O–H groups in total. The Bertz CT molecular complexity index is 892. The Hall–Kier alpha value is -3.49. The molecule has 1 aliphatic rings. The van der Waals surface area contributed by atoms with Crippen LogP contribution in [0.5, 0.6) is 0 Å². The van der Waals surface area contributed by atoms with Gasteiger partial charge in [-0.1, -0.05) is 0 Å². The van der Waals surface area contributed by atoms with Crippen LogP contribution in [0.4, 0.5) is 11.6 Å². The summed E-state index contributed by atoms with van der Waals surface area (Å²) in [4.78, 5) is 47.7. The van der Waals surface area contributed by atoms with Gasteiger partial charge in [-0.15, -0.1) is 0 Å². The van der Waals surface area contributed by atoms with Gasteiger partial charge in [-0.2, -0.15) is 0 Å². The van der Waals surface area contributed by atoms with E-state index in [0.717, 1.165) is 0 Å². The number of nitrogens with zero attached hydrogens (tertiary/aromatic N) is 4. The minimum Gasteiger partial charge on any atom is -0.462 e. The first kappa shape index (κ1) is 20.2. The number of rotatable bonds is 5. The monoisotopic (exact) mass is 397 g/mol. The molecule has 9 nitrogen and oxygen atoms in total. The van der Waals surface area contributed by atoms with Gasteiger partial charge in [0, 0.05) is 45.0 Å². The van der Waals surface area contributed by atoms with Crippen LogP contribution in [0.1, 0.15) is 34.7 Å². The van der Waals surface area contributed by atoms with Gasteiger partial charge in [-0.25, -0.2) is 14.8 Å². The Labute approximate surface area is 168 Å². The summed E-state index contributed by atoms with van der Waals surface area (Å²) < 4.78 is 4.96. The van der Waals surface area contributed by atoms with Gasteiger partial charge in [0.05, 0.1) is 12.2 Å². The number of nitrogens with one attached hydrogen (secondary N) is 1. The zero-order valence-corrected chi connectivity index (χ0v) is 16.4. The van der Waals surface area contributed by atoms with Crippen LogP contribution in [0.2, 0.25) is 0 Å². The van der Waals surface area contributed by atoms with Gasteiger partial charge in [0.1, 0.15) is 5.69 Å². The van der Waals surface area contributed by atoms with Gasteiger partial charge in [-0.3, -0.25) is 9.59 Å². The Balaban J connectivity index is 1.64. The Kier molecular flexibility index (Phi) is 6.38. The number of amides is 2. The Morgan fingerprint density at radius 3 is 2.31 bits per heavy atom. The van der Waals surface area contributed by atoms with Crippen LogP contribution >= 0.6 is 0 Å². The fourth-order valence-electron chi connectivity index (χ4n) is 2.96. The molecular formula is C20H23N5O4. The Morgan fingerprint density at radius 2 is 1.69 bits per heavy atom. The van der Waals surface area contributed by atoms with E-state index in [1.54, 1.807) is 47.1 Å². The largest absolute Gasteiger partial charge is 0.462 e. The van der Waals surface area contributed by atoms with E-state index in [0.29, 0.717) is 44.0 Å². The molecule has 29 heavy (non-hydrogen) atoms. The zero-order chi connectivity index (χ0) is 20.8. The first-order chi connectivity index (χ1) is 14.0. The topological polar surface area (TPSA) is 105 Å². The average molecular weight is 397 g/mol. The van der Waals surface area contributed by atoms with Crippen molar-refractivity contribution in [3.8, 4) is 0 Å². The van der Waals surface area contributed by atoms with Crippen molar-refractivity contribution in [3.63, 3.8) is 0 Å². The second-order valence-corrected chi connectivity index (χ2v) is 6.49. The van der Waals surface area contributed by atoms with Crippen molar-refractivity contribution in [1.29, 1.82) is 0 Å². The lowest BCUT2D eigenvalue weighted by molar-refractivity contribution is -0.130. The summed E-state index contributed by atoms with van der Waals surface area (Å²) in [6.07, 6.45) is 1.52. The van der Waals surface area contributed by atoms with Gasteiger partial charge in [0.25, 0.3) is 5.91 Å². The third kappa shape index (κ3) is 5.07. The van der Waals surface area contributed by atoms with E-state index in [1.165, 1.54) is 13.1 Å². The molecule has 1 fully saturated rings. The summed E-state index contributed by atoms with van der Waals surface area (Å²) in [5.74, 6) is -0.286. The summed E-state index contributed by atoms with van der Waals surface area (Å²) in [6, 6.07) is 8.28. The van der Waals surface area contributed by atoms with E-state index < -0.39 is 0 Å². The zero-order valence-electron chi connectivity index (χ0n) is 16.4. The molecule has 0 bridgehead atoms. The number of hydrogen-bond donors (Lipinski definition) is 1. The van der Waals surface area contributed by atoms with E-state index >= 15 is 0 Å². The molecular weight excluding hydrogens is 374 g/mol. The fourth-order valence-corrected chi connectivity index (χ4v) is 2.96. The van der Waals surface area contributed by atoms with E-state index in [9.17, 15) is 14.4 Å². The molecule has 1 aromatic heterocycles. The molecule has 1 aromatic carbocycles. The van der Waals surface area contributed by atoms with Crippen molar-refractivity contribution in [1.82, 2.24) is 19.8 Å². The lowest BCUT2D eigenvalue weighted by Gasteiger charge is -2.34. The molecule has 0 atom stereocenters. The fraction of sp³-hybridized carbons (Fsp3) is 0.350. The number of esters is 1. The summed E-state index contributed by atoms with van der Waals surface area (Å²) in [5, 5.41) is 3.02. The molecule has 1 aliphatic heterocycles. The molecule has 1 saturated heterocycles. The molecule has 0 unspecified atom stereocenters. The van der Waals surface area contributed by atoms with Gasteiger partial charge in [-0.05, 0) is 37.3 Å². The highest BCUT2D eigenvalue weighted by molar-refractivity contribution is 5.93. The third-order valence-corrected chi connectivity index (χ3v) is 4.54. The van der Waals surface area contributed by atoms with E-state index in [1.807, 2.05) is 0 Å². The summed E-state index contributed by atoms with van der Waals surface area (Å²) in [7, 11) is 0. The summed E-state index contributed by atoms with van der Waals surface area (Å²) in [6.45, 7) is 5.58. The van der Waals surface area contributed by atoms with Crippen LogP contribution in [-0.4, -0.2) is 70.3 Å². The molecule has 0 aliphatic carbocycles. The SMILES string of the molecule is CCOC(=O)c1ccc(Nc2nccc(C(=O)N3CCN(C(C)=O)CC3)n2)cc1. The van der Waals surface area contributed by atoms with Crippen LogP contribution in [0, 0.1) is 0 Å². The average Bonchev–Trinajstić information content (AvgIpc) is 2.74. The van der Waals surface area contributed by atoms with Gasteiger partial charge >= 0.3 is 5.97 Å². The lowest BCUT2D eigenvalue weighted by Crippen LogP contribution is -2.50. The second kappa shape index (κ2) is 9.13. The van der Waals surface area contributed by atoms with Crippen molar-refractivity contribution in [2.75, 3.05) is 38.1 Å². The first-order valence-electron chi connectivity index (χ1n) is 9.40. The minimum atomic E-state index is -0.382. The van der Waals surface area contributed by atoms with Crippen molar-refractivity contribution < 1.29 is 19.1 Å². The Morgan fingerprint density at radius 1 is 1.03 bits per heavy atom. The van der Waals surface area contributed by atoms with E-state index in [4.69, 9.17) is 4.74 Å². The molecule has 0 radical (unpaired) electrons. The molecule has 2 amide bonds. The highest BCUT2D eigenvalue weighted by atomic mass is 16.5. The number of hydrogen-bond acceptors (Lipinski definition) is 7. The number of aromatic nitrogens is 2. The molecule has 9 heteroatoms. The standard InChI is InChI=1S/C20H23N5O4/c1-3-29-19(28)15-4-6-16(7-5-15)22-20-21-9-8-17(23-20)18(27)25-12-10-24(11-13-25)14(2)26/h4-9H,3,10-13H2,1-2H3,(H,21,22,23). The third-order valence-electron chi connectivity index (χ3n) is 4.54.